The number of nitrogens with one attached hydrogen (secondary N) is 2. The van der Waals surface area contributed by atoms with Crippen LogP contribution in [0.15, 0.2) is 0 Å². The van der Waals surface area contributed by atoms with Gasteiger partial charge in [0.25, 0.3) is 0 Å². The van der Waals surface area contributed by atoms with Crippen LogP contribution >= 0.6 is 18.2 Å². The van der Waals surface area contributed by atoms with Crippen molar-refractivity contribution in [1.82, 2.24) is 10.6 Å². The summed E-state index contributed by atoms with van der Waals surface area (Å²) in [6.45, 7) is 1.79. The van der Waals surface area contributed by atoms with Crippen molar-refractivity contribution in [3.63, 3.8) is 0 Å². The molecule has 0 bridgehead atoms. The van der Waals surface area contributed by atoms with Crippen LogP contribution in [0.5, 0.6) is 0 Å². The van der Waals surface area contributed by atoms with E-state index in [0.717, 1.165) is 19.6 Å². The van der Waals surface area contributed by atoms with E-state index in [4.69, 9.17) is 9.79 Å². The third-order valence-electron chi connectivity index (χ3n) is 2.72. The van der Waals surface area contributed by atoms with Crippen molar-refractivity contribution >= 4 is 18.2 Å². The number of unbranched alkanes of at least 4 members (excludes halogenated alkanes) is 5. The van der Waals surface area contributed by atoms with Crippen LogP contribution in [0.2, 0.25) is 0 Å². The molecule has 0 unspecified atom stereocenters. The Morgan fingerprint density at radius 1 is 0.895 bits per heavy atom. The van der Waals surface area contributed by atoms with Gasteiger partial charge in [-0.2, -0.15) is 0 Å². The van der Waals surface area contributed by atoms with Gasteiger partial charge >= 0.3 is 6.80 Å². The summed E-state index contributed by atoms with van der Waals surface area (Å²) in [6, 6.07) is 0. The monoisotopic (exact) mass is 312 g/mol. The van der Waals surface area contributed by atoms with E-state index in [-0.39, 0.29) is 0 Å². The zero-order valence-corrected chi connectivity index (χ0v) is 13.6. The van der Waals surface area contributed by atoms with Crippen molar-refractivity contribution in [3.05, 3.63) is 0 Å². The van der Waals surface area contributed by atoms with Gasteiger partial charge in [-0.15, -0.1) is 0 Å². The molecule has 5 nitrogen and oxygen atoms in total. The van der Waals surface area contributed by atoms with E-state index in [1.54, 1.807) is 0 Å². The second-order valence-corrected chi connectivity index (χ2v) is 8.44. The molecule has 19 heavy (non-hydrogen) atoms. The fourth-order valence-electron chi connectivity index (χ4n) is 1.69. The summed E-state index contributed by atoms with van der Waals surface area (Å²) in [7, 11) is 0. The van der Waals surface area contributed by atoms with Crippen LogP contribution in [0.1, 0.15) is 45.4 Å². The second kappa shape index (κ2) is 13.4. The summed E-state index contributed by atoms with van der Waals surface area (Å²) in [4.78, 5) is 17.3. The lowest BCUT2D eigenvalue weighted by atomic mass is 10.1. The Labute approximate surface area is 121 Å². The van der Waals surface area contributed by atoms with Crippen molar-refractivity contribution in [2.24, 2.45) is 0 Å². The summed E-state index contributed by atoms with van der Waals surface area (Å²) in [5, 5.41) is 6.51. The largest absolute Gasteiger partial charge is 0.384 e. The molecule has 0 aliphatic heterocycles. The maximum Gasteiger partial charge on any atom is 0.384 e. The highest BCUT2D eigenvalue weighted by Gasteiger charge is 2.11. The molecule has 0 amide bonds. The average Bonchev–Trinajstić information content (AvgIpc) is 2.34. The SMILES string of the molecule is CCCCCCCCNCCNCCSP(=O)(O)O. The molecule has 0 saturated carbocycles. The first-order valence-corrected chi connectivity index (χ1v) is 10.4. The lowest BCUT2D eigenvalue weighted by Crippen LogP contribution is -2.29. The summed E-state index contributed by atoms with van der Waals surface area (Å²) in [5.74, 6) is 0.446. The van der Waals surface area contributed by atoms with E-state index < -0.39 is 6.80 Å². The number of hydrogen-bond donors (Lipinski definition) is 4. The summed E-state index contributed by atoms with van der Waals surface area (Å²) < 4.78 is 10.5. The van der Waals surface area contributed by atoms with Gasteiger partial charge in [0.2, 0.25) is 0 Å². The number of rotatable bonds is 14. The van der Waals surface area contributed by atoms with E-state index in [0.29, 0.717) is 23.7 Å². The van der Waals surface area contributed by atoms with Crippen molar-refractivity contribution in [1.29, 1.82) is 0 Å². The van der Waals surface area contributed by atoms with Gasteiger partial charge in [0, 0.05) is 25.4 Å². The fraction of sp³-hybridized carbons (Fsp3) is 1.00. The van der Waals surface area contributed by atoms with Gasteiger partial charge in [0.05, 0.1) is 0 Å². The molecule has 0 saturated heterocycles. The highest BCUT2D eigenvalue weighted by atomic mass is 32.7. The van der Waals surface area contributed by atoms with Crippen LogP contribution in [0.4, 0.5) is 0 Å². The minimum atomic E-state index is -3.89. The molecular weight excluding hydrogens is 283 g/mol. The maximum absolute atomic E-state index is 10.5. The maximum atomic E-state index is 10.5. The molecule has 0 rings (SSSR count). The lowest BCUT2D eigenvalue weighted by molar-refractivity contribution is 0.397. The Hall–Kier alpha value is 0.420. The van der Waals surface area contributed by atoms with E-state index in [9.17, 15) is 4.57 Å². The second-order valence-electron chi connectivity index (χ2n) is 4.59. The van der Waals surface area contributed by atoms with E-state index >= 15 is 0 Å². The molecule has 0 atom stereocenters. The standard InChI is InChI=1S/C12H29N2O3PS/c1-2-3-4-5-6-7-8-13-9-10-14-11-12-19-18(15,16)17/h13-14H,2-12H2,1H3,(H2,15,16,17). The summed E-state index contributed by atoms with van der Waals surface area (Å²) in [5.41, 5.74) is 0. The van der Waals surface area contributed by atoms with E-state index in [1.165, 1.54) is 38.5 Å². The normalized spacial score (nSPS) is 11.9. The molecule has 0 fully saturated rings. The van der Waals surface area contributed by atoms with Crippen LogP contribution < -0.4 is 10.6 Å². The molecule has 0 heterocycles. The van der Waals surface area contributed by atoms with Gasteiger partial charge in [-0.25, -0.2) is 4.57 Å². The zero-order chi connectivity index (χ0) is 14.4. The quantitative estimate of drug-likeness (QED) is 0.291. The minimum absolute atomic E-state index is 0.446. The molecule has 0 aliphatic carbocycles. The van der Waals surface area contributed by atoms with Crippen LogP contribution in [-0.2, 0) is 4.57 Å². The highest BCUT2D eigenvalue weighted by Crippen LogP contribution is 2.49. The van der Waals surface area contributed by atoms with Gasteiger partial charge in [0.1, 0.15) is 0 Å². The fourth-order valence-corrected chi connectivity index (χ4v) is 3.15. The van der Waals surface area contributed by atoms with E-state index in [2.05, 4.69) is 17.6 Å². The molecule has 4 N–H and O–H groups in total. The van der Waals surface area contributed by atoms with Gasteiger partial charge in [-0.3, -0.25) is 0 Å². The third kappa shape index (κ3) is 18.4. The van der Waals surface area contributed by atoms with Crippen LogP contribution in [-0.4, -0.2) is 41.7 Å². The highest BCUT2D eigenvalue weighted by molar-refractivity contribution is 8.54. The first kappa shape index (κ1) is 19.4. The predicted molar refractivity (Wildman–Crippen MR) is 83.6 cm³/mol. The molecule has 0 radical (unpaired) electrons. The molecule has 0 aliphatic rings. The predicted octanol–water partition coefficient (Wildman–Crippen LogP) is 2.35. The minimum Gasteiger partial charge on any atom is -0.317 e. The molecule has 0 aromatic heterocycles. The van der Waals surface area contributed by atoms with Crippen LogP contribution in [0.3, 0.4) is 0 Å². The molecular formula is C12H29N2O3PS. The summed E-state index contributed by atoms with van der Waals surface area (Å²) in [6.07, 6.45) is 7.88. The van der Waals surface area contributed by atoms with Crippen LogP contribution in [0.25, 0.3) is 0 Å². The Bertz CT molecular complexity index is 239. The third-order valence-corrected chi connectivity index (χ3v) is 5.00. The van der Waals surface area contributed by atoms with Crippen molar-refractivity contribution < 1.29 is 14.4 Å². The first-order chi connectivity index (χ1) is 9.06. The lowest BCUT2D eigenvalue weighted by Gasteiger charge is -2.07. The van der Waals surface area contributed by atoms with Crippen LogP contribution in [0, 0.1) is 0 Å². The van der Waals surface area contributed by atoms with Gasteiger partial charge in [-0.1, -0.05) is 39.0 Å². The number of hydrogen-bond acceptors (Lipinski definition) is 4. The average molecular weight is 312 g/mol. The van der Waals surface area contributed by atoms with Crippen molar-refractivity contribution in [2.75, 3.05) is 31.9 Å². The van der Waals surface area contributed by atoms with Gasteiger partial charge < -0.3 is 20.4 Å². The zero-order valence-electron chi connectivity index (χ0n) is 11.9. The van der Waals surface area contributed by atoms with Crippen molar-refractivity contribution in [2.45, 2.75) is 45.4 Å². The Morgan fingerprint density at radius 2 is 1.47 bits per heavy atom. The Morgan fingerprint density at radius 3 is 2.11 bits per heavy atom. The van der Waals surface area contributed by atoms with Crippen molar-refractivity contribution in [3.8, 4) is 0 Å². The molecule has 7 heteroatoms. The van der Waals surface area contributed by atoms with Gasteiger partial charge in [-0.05, 0) is 24.3 Å². The van der Waals surface area contributed by atoms with E-state index in [1.807, 2.05) is 0 Å². The molecule has 116 valence electrons. The van der Waals surface area contributed by atoms with Gasteiger partial charge in [0.15, 0.2) is 0 Å². The molecule has 0 aromatic rings. The molecule has 0 aromatic carbocycles. The Balaban J connectivity index is 3.01. The smallest absolute Gasteiger partial charge is 0.317 e. The first-order valence-electron chi connectivity index (χ1n) is 7.18. The summed E-state index contributed by atoms with van der Waals surface area (Å²) >= 11 is 0.699. The molecule has 0 spiro atoms. The topological polar surface area (TPSA) is 81.6 Å². The Kier molecular flexibility index (Phi) is 13.7.